The molecule has 0 spiro atoms. The van der Waals surface area contributed by atoms with Crippen molar-refractivity contribution in [2.24, 2.45) is 10.3 Å². The van der Waals surface area contributed by atoms with Crippen molar-refractivity contribution in [3.8, 4) is 11.5 Å². The minimum absolute atomic E-state index is 0. The van der Waals surface area contributed by atoms with E-state index < -0.39 is 31.7 Å². The van der Waals surface area contributed by atoms with Crippen LogP contribution in [0.1, 0.15) is 43.2 Å². The molecule has 0 fully saturated rings. The zero-order chi connectivity index (χ0) is 49.0. The molecule has 0 aliphatic rings. The summed E-state index contributed by atoms with van der Waals surface area (Å²) in [4.78, 5) is 15.4. The Morgan fingerprint density at radius 1 is 0.625 bits per heavy atom. The largest absolute Gasteiger partial charge is 0.576 e. The number of aryl methyl sites for hydroxylation is 3. The molecule has 4 heterocycles. The molecule has 0 unspecified atom stereocenters. The molecular formula is C45H49ClF2N14O6S2Y2-2. The number of ether oxygens (including phenoxy) is 2. The molecule has 0 aliphatic heterocycles. The Hall–Kier alpha value is -5.56. The Morgan fingerprint density at radius 2 is 1.11 bits per heavy atom. The summed E-state index contributed by atoms with van der Waals surface area (Å²) in [6.07, 6.45) is 2.02. The SMILES string of the molecule is C.C.Cc1cc(COc2ccc(Nc3nc(Cl)ncc3F)cc2)[n-]n1.Cc1cc(COc2ccc(Nc3nc(Nc4ccc(C)c(S(N)(=O)=O)c4)ncc3F)cc2)[n-]n1.Nc1cccc(S(N)(=O)=O)c1.[Y].[Y]. The molecule has 27 heteroatoms. The quantitative estimate of drug-likeness (QED) is 0.0448. The number of halogens is 3. The molecule has 2 radical (unpaired) electrons. The molecule has 8 rings (SSSR count). The fraction of sp³-hybridized carbons (Fsp3) is 0.156. The number of aromatic nitrogens is 8. The van der Waals surface area contributed by atoms with Gasteiger partial charge in [-0.2, -0.15) is 9.97 Å². The molecule has 20 nitrogen and oxygen atoms in total. The first kappa shape index (κ1) is 62.6. The van der Waals surface area contributed by atoms with Gasteiger partial charge in [0.15, 0.2) is 23.3 Å². The summed E-state index contributed by atoms with van der Waals surface area (Å²) in [6, 6.07) is 28.0. The number of nitrogens with zero attached hydrogens (tertiary/aromatic N) is 8. The summed E-state index contributed by atoms with van der Waals surface area (Å²) < 4.78 is 84.0. The van der Waals surface area contributed by atoms with Crippen LogP contribution < -0.4 is 51.6 Å². The smallest absolute Gasteiger partial charge is 0.238 e. The van der Waals surface area contributed by atoms with E-state index >= 15 is 0 Å². The van der Waals surface area contributed by atoms with E-state index in [2.05, 4.69) is 56.3 Å². The molecule has 376 valence electrons. The van der Waals surface area contributed by atoms with E-state index in [0.29, 0.717) is 46.4 Å². The number of anilines is 7. The predicted molar refractivity (Wildman–Crippen MR) is 263 cm³/mol. The molecule has 8 aromatic rings. The zero-order valence-corrected chi connectivity index (χ0v) is 45.3. The van der Waals surface area contributed by atoms with Crippen molar-refractivity contribution in [3.63, 3.8) is 0 Å². The molecule has 4 aromatic carbocycles. The fourth-order valence-electron chi connectivity index (χ4n) is 5.64. The first-order chi connectivity index (χ1) is 32.3. The Bertz CT molecular complexity index is 3230. The zero-order valence-electron chi connectivity index (χ0n) is 37.2. The van der Waals surface area contributed by atoms with Crippen molar-refractivity contribution < 1.29 is 101 Å². The molecule has 0 bridgehead atoms. The van der Waals surface area contributed by atoms with Gasteiger partial charge >= 0.3 is 0 Å². The van der Waals surface area contributed by atoms with Crippen molar-refractivity contribution in [3.05, 3.63) is 161 Å². The third-order valence-corrected chi connectivity index (χ3v) is 11.0. The third kappa shape index (κ3) is 19.5. The standard InChI is InChI=1S/C22H21FN7O3S.C15H12ClFN5O.C6H8N2O2S.2CH4.2Y/c1-13-3-4-16(10-20(13)34(24,31)32)27-22-25-11-19(23)21(28-22)26-15-5-7-18(8-6-15)33-12-17-9-14(2)29-30-17;1-9-6-11(22-21-9)8-23-12-4-2-10(3-5-12)19-14-13(17)7-18-15(16)20-14;7-5-2-1-3-6(4-5)11(8,9)10;;;;/h3-11H,12H2,1-2H3,(H4-,24,25,26,27,28,29,30,31,32);2-7H,8H2,1H3,(H-,18,19,20,21,22);1-4H,7H2,(H2,8,9,10);2*1H4;;/q2*-1;;;;;. The summed E-state index contributed by atoms with van der Waals surface area (Å²) in [5.74, 6) is 0.0528. The summed E-state index contributed by atoms with van der Waals surface area (Å²) in [5.41, 5.74) is 11.0. The molecule has 72 heavy (non-hydrogen) atoms. The van der Waals surface area contributed by atoms with Crippen LogP contribution in [0.2, 0.25) is 5.28 Å². The fourth-order valence-corrected chi connectivity index (χ4v) is 7.15. The van der Waals surface area contributed by atoms with Gasteiger partial charge < -0.3 is 51.6 Å². The van der Waals surface area contributed by atoms with Gasteiger partial charge in [-0.05, 0) is 117 Å². The number of nitrogens with one attached hydrogen (secondary N) is 3. The summed E-state index contributed by atoms with van der Waals surface area (Å²) in [7, 11) is -7.50. The molecule has 0 aliphatic carbocycles. The summed E-state index contributed by atoms with van der Waals surface area (Å²) in [5, 5.41) is 34.4. The van der Waals surface area contributed by atoms with Crippen LogP contribution in [0.4, 0.5) is 49.1 Å². The topological polar surface area (TPSA) is 306 Å². The third-order valence-electron chi connectivity index (χ3n) is 8.83. The van der Waals surface area contributed by atoms with Crippen LogP contribution in [0.5, 0.6) is 11.5 Å². The molecule has 0 atom stereocenters. The van der Waals surface area contributed by atoms with Gasteiger partial charge in [-0.3, -0.25) is 0 Å². The van der Waals surface area contributed by atoms with Gasteiger partial charge in [-0.1, -0.05) is 39.1 Å². The van der Waals surface area contributed by atoms with Crippen LogP contribution in [0.3, 0.4) is 0 Å². The van der Waals surface area contributed by atoms with Crippen molar-refractivity contribution in [2.45, 2.75) is 58.6 Å². The van der Waals surface area contributed by atoms with E-state index in [0.717, 1.165) is 35.2 Å². The normalized spacial score (nSPS) is 10.4. The number of rotatable bonds is 14. The van der Waals surface area contributed by atoms with E-state index in [1.807, 2.05) is 26.0 Å². The van der Waals surface area contributed by atoms with Gasteiger partial charge in [-0.15, -0.1) is 11.4 Å². The van der Waals surface area contributed by atoms with Crippen LogP contribution in [-0.4, -0.2) is 47.0 Å². The predicted octanol–water partition coefficient (Wildman–Crippen LogP) is 7.73. The van der Waals surface area contributed by atoms with Crippen molar-refractivity contribution >= 4 is 72.0 Å². The van der Waals surface area contributed by atoms with Crippen LogP contribution >= 0.6 is 11.6 Å². The Labute approximate surface area is 471 Å². The van der Waals surface area contributed by atoms with E-state index in [4.69, 9.17) is 37.1 Å². The second-order valence-corrected chi connectivity index (χ2v) is 17.8. The maximum Gasteiger partial charge on any atom is 0.238 e. The number of hydrogen-bond donors (Lipinski definition) is 6. The van der Waals surface area contributed by atoms with Gasteiger partial charge in [0.25, 0.3) is 0 Å². The van der Waals surface area contributed by atoms with E-state index in [1.54, 1.807) is 73.7 Å². The van der Waals surface area contributed by atoms with Gasteiger partial charge in [0.2, 0.25) is 31.3 Å². The molecule has 4 aromatic heterocycles. The number of nitrogen functional groups attached to an aromatic ring is 1. The van der Waals surface area contributed by atoms with Crippen molar-refractivity contribution in [1.29, 1.82) is 0 Å². The maximum absolute atomic E-state index is 14.3. The number of sulfonamides is 2. The molecule has 0 saturated carbocycles. The van der Waals surface area contributed by atoms with Gasteiger partial charge in [0.1, 0.15) is 11.5 Å². The van der Waals surface area contributed by atoms with Gasteiger partial charge in [0.05, 0.1) is 35.4 Å². The molecular weight excluding hydrogens is 1150 g/mol. The van der Waals surface area contributed by atoms with E-state index in [9.17, 15) is 25.6 Å². The molecule has 9 N–H and O–H groups in total. The molecule has 0 amide bonds. The number of benzene rings is 4. The number of primary sulfonamides is 2. The Morgan fingerprint density at radius 3 is 1.56 bits per heavy atom. The van der Waals surface area contributed by atoms with Crippen LogP contribution in [0.25, 0.3) is 0 Å². The van der Waals surface area contributed by atoms with Crippen LogP contribution in [0, 0.1) is 32.4 Å². The Balaban J connectivity index is 0.000000405. The van der Waals surface area contributed by atoms with Crippen LogP contribution in [0.15, 0.2) is 125 Å². The first-order valence-electron chi connectivity index (χ1n) is 19.7. The number of nitrogens with two attached hydrogens (primary N) is 3. The van der Waals surface area contributed by atoms with Gasteiger partial charge in [0, 0.05) is 99.6 Å². The maximum atomic E-state index is 14.3. The summed E-state index contributed by atoms with van der Waals surface area (Å²) in [6.45, 7) is 5.98. The second kappa shape index (κ2) is 28.6. The average Bonchev–Trinajstić information content (AvgIpc) is 3.92. The minimum atomic E-state index is -3.90. The van der Waals surface area contributed by atoms with E-state index in [-0.39, 0.29) is 120 Å². The average molecular weight is 1200 g/mol. The first-order valence-corrected chi connectivity index (χ1v) is 23.2. The van der Waals surface area contributed by atoms with E-state index in [1.165, 1.54) is 24.3 Å². The second-order valence-electron chi connectivity index (χ2n) is 14.3. The van der Waals surface area contributed by atoms with Crippen molar-refractivity contribution in [2.75, 3.05) is 21.7 Å². The summed E-state index contributed by atoms with van der Waals surface area (Å²) >= 11 is 5.65. The Kier molecular flexibility index (Phi) is 24.9. The van der Waals surface area contributed by atoms with Crippen molar-refractivity contribution in [1.82, 2.24) is 40.3 Å². The molecule has 0 saturated heterocycles. The minimum Gasteiger partial charge on any atom is -0.576 e. The van der Waals surface area contributed by atoms with Gasteiger partial charge in [-0.25, -0.2) is 45.9 Å². The monoisotopic (exact) mass is 1200 g/mol. The number of hydrogen-bond acceptors (Lipinski definition) is 16. The van der Waals surface area contributed by atoms with Crippen LogP contribution in [-0.2, 0) is 98.7 Å².